The van der Waals surface area contributed by atoms with E-state index < -0.39 is 35.2 Å². The predicted molar refractivity (Wildman–Crippen MR) is 120 cm³/mol. The lowest BCUT2D eigenvalue weighted by molar-refractivity contribution is 0.0695. The third-order valence-corrected chi connectivity index (χ3v) is 5.74. The van der Waals surface area contributed by atoms with Gasteiger partial charge < -0.3 is 30.7 Å². The molecule has 2 heterocycles. The number of aliphatic hydroxyl groups is 1. The van der Waals surface area contributed by atoms with Gasteiger partial charge in [0.15, 0.2) is 0 Å². The highest BCUT2D eigenvalue weighted by Crippen LogP contribution is 2.28. The molecular formula is C21H21BF2N4O4. The van der Waals surface area contributed by atoms with Gasteiger partial charge >= 0.3 is 5.97 Å². The molecule has 0 spiro atoms. The van der Waals surface area contributed by atoms with Gasteiger partial charge in [-0.25, -0.2) is 13.6 Å². The molecule has 32 heavy (non-hydrogen) atoms. The Morgan fingerprint density at radius 3 is 2.50 bits per heavy atom. The summed E-state index contributed by atoms with van der Waals surface area (Å²) < 4.78 is 30.6. The van der Waals surface area contributed by atoms with Crippen LogP contribution in [0.4, 0.5) is 20.2 Å². The molecule has 1 saturated heterocycles. The Morgan fingerprint density at radius 1 is 1.19 bits per heavy atom. The van der Waals surface area contributed by atoms with Crippen LogP contribution in [-0.2, 0) is 6.61 Å². The lowest BCUT2D eigenvalue weighted by atomic mass is 9.88. The fourth-order valence-corrected chi connectivity index (χ4v) is 4.23. The van der Waals surface area contributed by atoms with Crippen LogP contribution in [0.2, 0.25) is 0 Å². The number of carboxylic acid groups (broad SMARTS) is 1. The van der Waals surface area contributed by atoms with Crippen LogP contribution < -0.4 is 26.8 Å². The van der Waals surface area contributed by atoms with Crippen molar-refractivity contribution in [2.24, 2.45) is 0 Å². The number of pyridine rings is 1. The number of hydrogen-bond donors (Lipinski definition) is 4. The number of nitrogens with zero attached hydrogens (tertiary/aromatic N) is 2. The van der Waals surface area contributed by atoms with Crippen molar-refractivity contribution in [1.82, 2.24) is 9.88 Å². The summed E-state index contributed by atoms with van der Waals surface area (Å²) >= 11 is 0. The van der Waals surface area contributed by atoms with E-state index in [4.69, 9.17) is 5.73 Å². The molecule has 0 saturated carbocycles. The van der Waals surface area contributed by atoms with Gasteiger partial charge in [0.25, 0.3) is 0 Å². The normalized spacial score (nSPS) is 14.2. The molecule has 1 aliphatic heterocycles. The van der Waals surface area contributed by atoms with E-state index >= 15 is 4.39 Å². The van der Waals surface area contributed by atoms with Crippen LogP contribution in [0.15, 0.2) is 29.2 Å². The number of nitrogen functional groups attached to an aromatic ring is 1. The molecule has 4 rings (SSSR count). The maximum absolute atomic E-state index is 15.2. The van der Waals surface area contributed by atoms with E-state index in [9.17, 15) is 24.2 Å². The van der Waals surface area contributed by atoms with Crippen molar-refractivity contribution < 1.29 is 23.8 Å². The summed E-state index contributed by atoms with van der Waals surface area (Å²) in [5.41, 5.74) is 5.40. The third-order valence-electron chi connectivity index (χ3n) is 5.74. The molecule has 11 heteroatoms. The molecular weight excluding hydrogens is 421 g/mol. The molecule has 0 amide bonds. The van der Waals surface area contributed by atoms with Crippen molar-refractivity contribution in [1.29, 1.82) is 0 Å². The Labute approximate surface area is 182 Å². The summed E-state index contributed by atoms with van der Waals surface area (Å²) in [4.78, 5) is 26.5. The number of aromatic carboxylic acids is 1. The Kier molecular flexibility index (Phi) is 5.61. The van der Waals surface area contributed by atoms with E-state index in [2.05, 4.69) is 5.32 Å². The first-order chi connectivity index (χ1) is 15.2. The second-order valence-electron chi connectivity index (χ2n) is 7.67. The van der Waals surface area contributed by atoms with Gasteiger partial charge in [-0.2, -0.15) is 0 Å². The monoisotopic (exact) mass is 442 g/mol. The first-order valence-corrected chi connectivity index (χ1v) is 10.0. The number of piperazine rings is 1. The Balaban J connectivity index is 2.14. The zero-order chi connectivity index (χ0) is 23.2. The minimum atomic E-state index is -1.49. The zero-order valence-corrected chi connectivity index (χ0v) is 17.3. The number of aliphatic hydroxyl groups excluding tert-OH is 1. The quantitative estimate of drug-likeness (QED) is 0.324. The Bertz CT molecular complexity index is 1310. The van der Waals surface area contributed by atoms with Crippen molar-refractivity contribution in [2.45, 2.75) is 6.61 Å². The molecule has 0 unspecified atom stereocenters. The van der Waals surface area contributed by atoms with Crippen LogP contribution >= 0.6 is 0 Å². The fourth-order valence-electron chi connectivity index (χ4n) is 4.23. The molecule has 1 aromatic heterocycles. The number of nitrogens with one attached hydrogen (secondary N) is 1. The molecule has 0 radical (unpaired) electrons. The van der Waals surface area contributed by atoms with Crippen LogP contribution in [0.3, 0.4) is 0 Å². The number of hydrogen-bond acceptors (Lipinski definition) is 6. The summed E-state index contributed by atoms with van der Waals surface area (Å²) in [5.74, 6) is -2.87. The maximum atomic E-state index is 15.2. The van der Waals surface area contributed by atoms with Crippen molar-refractivity contribution in [3.8, 4) is 5.69 Å². The van der Waals surface area contributed by atoms with E-state index in [1.165, 1.54) is 10.6 Å². The van der Waals surface area contributed by atoms with Gasteiger partial charge in [-0.05, 0) is 23.7 Å². The number of carbonyl (C=O) groups is 1. The van der Waals surface area contributed by atoms with E-state index in [1.54, 1.807) is 7.85 Å². The highest BCUT2D eigenvalue weighted by molar-refractivity contribution is 6.42. The molecule has 5 N–H and O–H groups in total. The number of fused-ring (bicyclic) bond motifs is 1. The summed E-state index contributed by atoms with van der Waals surface area (Å²) in [6.45, 7) is 1.85. The van der Waals surface area contributed by atoms with Gasteiger partial charge in [-0.1, -0.05) is 0 Å². The second kappa shape index (κ2) is 8.25. The highest BCUT2D eigenvalue weighted by Gasteiger charge is 2.24. The van der Waals surface area contributed by atoms with Crippen LogP contribution in [0, 0.1) is 11.6 Å². The summed E-state index contributed by atoms with van der Waals surface area (Å²) in [6, 6.07) is 3.34. The molecule has 0 bridgehead atoms. The third kappa shape index (κ3) is 3.49. The molecule has 1 aliphatic rings. The van der Waals surface area contributed by atoms with E-state index in [0.29, 0.717) is 37.3 Å². The number of carboxylic acids is 1. The SMILES string of the molecule is Bc1c(N2CCNCC2)c(F)cc2c(=O)c(C(=O)O)cn(-c3cc(N)c(F)cc3CO)c12. The Hall–Kier alpha value is -3.44. The van der Waals surface area contributed by atoms with E-state index in [0.717, 1.165) is 18.3 Å². The number of halogens is 2. The molecule has 166 valence electrons. The van der Waals surface area contributed by atoms with Crippen molar-refractivity contribution in [3.05, 3.63) is 57.4 Å². The minimum Gasteiger partial charge on any atom is -0.477 e. The number of aromatic nitrogens is 1. The zero-order valence-electron chi connectivity index (χ0n) is 17.3. The van der Waals surface area contributed by atoms with Crippen LogP contribution in [0.1, 0.15) is 15.9 Å². The molecule has 2 aromatic carbocycles. The standard InChI is InChI=1S/C21H21BF2N4O4/c22-17-18-11(6-14(24)19(17)27-3-1-26-2-4-27)20(30)12(21(31)32)8-28(18)16-7-15(25)13(23)5-10(16)9-29/h5-8,26,29H,1-4,9,22,25H2,(H,31,32). The molecule has 0 aliphatic carbocycles. The van der Waals surface area contributed by atoms with Crippen LogP contribution in [0.5, 0.6) is 0 Å². The topological polar surface area (TPSA) is 121 Å². The smallest absolute Gasteiger partial charge is 0.341 e. The minimum absolute atomic E-state index is 0.130. The maximum Gasteiger partial charge on any atom is 0.341 e. The first kappa shape index (κ1) is 21.8. The average molecular weight is 442 g/mol. The largest absolute Gasteiger partial charge is 0.477 e. The predicted octanol–water partition coefficient (Wildman–Crippen LogP) is -0.290. The van der Waals surface area contributed by atoms with Gasteiger partial charge in [0, 0.05) is 43.3 Å². The second-order valence-corrected chi connectivity index (χ2v) is 7.67. The van der Waals surface area contributed by atoms with E-state index in [1.807, 2.05) is 4.90 Å². The van der Waals surface area contributed by atoms with Gasteiger partial charge in [0.2, 0.25) is 5.43 Å². The van der Waals surface area contributed by atoms with Crippen molar-refractivity contribution >= 4 is 41.6 Å². The lowest BCUT2D eigenvalue weighted by Gasteiger charge is -2.32. The lowest BCUT2D eigenvalue weighted by Crippen LogP contribution is -2.46. The number of nitrogens with two attached hydrogens (primary N) is 1. The Morgan fingerprint density at radius 2 is 1.88 bits per heavy atom. The fraction of sp³-hybridized carbons (Fsp3) is 0.238. The van der Waals surface area contributed by atoms with Crippen LogP contribution in [0.25, 0.3) is 16.6 Å². The summed E-state index contributed by atoms with van der Waals surface area (Å²) in [6.07, 6.45) is 1.10. The molecule has 3 aromatic rings. The molecule has 8 nitrogen and oxygen atoms in total. The van der Waals surface area contributed by atoms with Crippen molar-refractivity contribution in [3.63, 3.8) is 0 Å². The van der Waals surface area contributed by atoms with Crippen LogP contribution in [-0.4, -0.2) is 54.8 Å². The number of anilines is 2. The van der Waals surface area contributed by atoms with Gasteiger partial charge in [-0.15, -0.1) is 0 Å². The summed E-state index contributed by atoms with van der Waals surface area (Å²) in [7, 11) is 1.64. The van der Waals surface area contributed by atoms with Gasteiger partial charge in [-0.3, -0.25) is 4.79 Å². The van der Waals surface area contributed by atoms with Crippen molar-refractivity contribution in [2.75, 3.05) is 36.8 Å². The molecule has 1 fully saturated rings. The average Bonchev–Trinajstić information content (AvgIpc) is 2.76. The highest BCUT2D eigenvalue weighted by atomic mass is 19.1. The number of rotatable bonds is 4. The van der Waals surface area contributed by atoms with E-state index in [-0.39, 0.29) is 27.8 Å². The van der Waals surface area contributed by atoms with Gasteiger partial charge in [0.1, 0.15) is 25.0 Å². The van der Waals surface area contributed by atoms with Gasteiger partial charge in [0.05, 0.1) is 29.2 Å². The number of benzene rings is 2. The molecule has 0 atom stereocenters. The first-order valence-electron chi connectivity index (χ1n) is 10.0. The summed E-state index contributed by atoms with van der Waals surface area (Å²) in [5, 5.41) is 22.4.